The molecule has 2 aromatic rings. The maximum Gasteiger partial charge on any atom is 0.414 e. The van der Waals surface area contributed by atoms with E-state index in [4.69, 9.17) is 27.9 Å². The Morgan fingerprint density at radius 3 is 2.35 bits per heavy atom. The van der Waals surface area contributed by atoms with Gasteiger partial charge in [-0.15, -0.1) is 0 Å². The zero-order valence-corrected chi connectivity index (χ0v) is 24.9. The summed E-state index contributed by atoms with van der Waals surface area (Å²) in [6.45, 7) is 6.24. The highest BCUT2D eigenvalue weighted by Gasteiger charge is 2.31. The van der Waals surface area contributed by atoms with Crippen molar-refractivity contribution in [3.8, 4) is 0 Å². The van der Waals surface area contributed by atoms with Crippen LogP contribution in [0.4, 0.5) is 16.2 Å². The monoisotopic (exact) mass is 590 g/mol. The number of likely N-dealkylation sites (N-methyl/N-ethyl adjacent to an activating group) is 1. The number of rotatable bonds is 7. The third-order valence-electron chi connectivity index (χ3n) is 5.75. The molecule has 12 heteroatoms. The van der Waals surface area contributed by atoms with Gasteiger partial charge in [0.1, 0.15) is 11.6 Å². The number of alkyl carbamates (subject to hydrolysis) is 1. The second-order valence-corrected chi connectivity index (χ2v) is 11.5. The Hall–Kier alpha value is -3.34. The molecule has 0 saturated carbocycles. The first-order valence-corrected chi connectivity index (χ1v) is 13.7. The summed E-state index contributed by atoms with van der Waals surface area (Å²) < 4.78 is 5.36. The predicted octanol–water partition coefficient (Wildman–Crippen LogP) is 4.66. The standard InChI is InChI=1S/C28H36Cl2N6O4/c1-28(2,3)40-27(39)34-26(33-25(38)22-12-9-13-36(22)19-10-7-6-8-11-19)31-16-18-14-20(29)24(21(30)15-18)32-23(37)17-35(4)5/h6-8,10-11,14-15,22H,9,12-13,16-17H2,1-5H3,(H,32,37)(H2,31,33,34,38,39)/t22-/m0/s1. The average Bonchev–Trinajstić information content (AvgIpc) is 3.34. The number of anilines is 2. The second kappa shape index (κ2) is 13.8. The summed E-state index contributed by atoms with van der Waals surface area (Å²) in [5.41, 5.74) is 1.13. The molecule has 1 aliphatic heterocycles. The zero-order valence-electron chi connectivity index (χ0n) is 23.4. The van der Waals surface area contributed by atoms with Gasteiger partial charge in [-0.05, 0) is 77.5 Å². The lowest BCUT2D eigenvalue weighted by molar-refractivity contribution is -0.119. The molecule has 40 heavy (non-hydrogen) atoms. The smallest absolute Gasteiger partial charge is 0.414 e. The van der Waals surface area contributed by atoms with E-state index in [2.05, 4.69) is 20.9 Å². The largest absolute Gasteiger partial charge is 0.444 e. The fourth-order valence-corrected chi connectivity index (χ4v) is 4.77. The maximum atomic E-state index is 13.3. The van der Waals surface area contributed by atoms with Crippen molar-refractivity contribution in [2.75, 3.05) is 37.4 Å². The minimum Gasteiger partial charge on any atom is -0.444 e. The highest BCUT2D eigenvalue weighted by atomic mass is 35.5. The molecule has 1 aliphatic rings. The molecule has 1 atom stereocenters. The van der Waals surface area contributed by atoms with Crippen molar-refractivity contribution in [2.45, 2.75) is 51.8 Å². The molecule has 0 aliphatic carbocycles. The van der Waals surface area contributed by atoms with Crippen molar-refractivity contribution in [3.05, 3.63) is 58.1 Å². The van der Waals surface area contributed by atoms with Gasteiger partial charge < -0.3 is 25.2 Å². The Bertz CT molecular complexity index is 1220. The highest BCUT2D eigenvalue weighted by molar-refractivity contribution is 6.39. The van der Waals surface area contributed by atoms with Crippen molar-refractivity contribution >= 4 is 58.4 Å². The van der Waals surface area contributed by atoms with Crippen molar-refractivity contribution in [1.82, 2.24) is 15.5 Å². The van der Waals surface area contributed by atoms with Crippen LogP contribution in [0.3, 0.4) is 0 Å². The molecular weight excluding hydrogens is 555 g/mol. The van der Waals surface area contributed by atoms with Crippen LogP contribution in [0.5, 0.6) is 0 Å². The van der Waals surface area contributed by atoms with Crippen molar-refractivity contribution in [1.29, 1.82) is 0 Å². The van der Waals surface area contributed by atoms with Gasteiger partial charge in [0.2, 0.25) is 11.9 Å². The number of nitrogens with zero attached hydrogens (tertiary/aromatic N) is 3. The molecule has 1 fully saturated rings. The van der Waals surface area contributed by atoms with E-state index in [9.17, 15) is 14.4 Å². The number of carbonyl (C=O) groups excluding carboxylic acids is 3. The van der Waals surface area contributed by atoms with E-state index in [1.54, 1.807) is 51.9 Å². The van der Waals surface area contributed by atoms with Crippen LogP contribution >= 0.6 is 23.2 Å². The summed E-state index contributed by atoms with van der Waals surface area (Å²) in [5, 5.41) is 8.74. The Morgan fingerprint density at radius 1 is 1.10 bits per heavy atom. The summed E-state index contributed by atoms with van der Waals surface area (Å²) in [6.07, 6.45) is 0.730. The zero-order chi connectivity index (χ0) is 29.4. The lowest BCUT2D eigenvalue weighted by Crippen LogP contribution is -2.45. The maximum absolute atomic E-state index is 13.3. The first-order valence-electron chi connectivity index (χ1n) is 12.9. The Labute approximate surface area is 245 Å². The van der Waals surface area contributed by atoms with Gasteiger partial charge in [0, 0.05) is 18.8 Å². The highest BCUT2D eigenvalue weighted by Crippen LogP contribution is 2.32. The van der Waals surface area contributed by atoms with Crippen LogP contribution < -0.4 is 20.9 Å². The van der Waals surface area contributed by atoms with Crippen molar-refractivity contribution < 1.29 is 19.1 Å². The number of aliphatic imine (C=N–C) groups is 1. The fourth-order valence-electron chi connectivity index (χ4n) is 4.15. The summed E-state index contributed by atoms with van der Waals surface area (Å²) in [4.78, 5) is 46.0. The number of amides is 3. The number of benzene rings is 2. The number of hydrogen-bond donors (Lipinski definition) is 3. The first kappa shape index (κ1) is 31.2. The van der Waals surface area contributed by atoms with Crippen LogP contribution in [-0.2, 0) is 20.9 Å². The van der Waals surface area contributed by atoms with Gasteiger partial charge in [-0.3, -0.25) is 14.9 Å². The first-order chi connectivity index (χ1) is 18.8. The van der Waals surface area contributed by atoms with E-state index in [0.717, 1.165) is 18.7 Å². The molecule has 0 spiro atoms. The third kappa shape index (κ3) is 9.39. The van der Waals surface area contributed by atoms with Crippen molar-refractivity contribution in [2.24, 2.45) is 4.99 Å². The Kier molecular flexibility index (Phi) is 10.8. The van der Waals surface area contributed by atoms with Crippen LogP contribution in [-0.4, -0.2) is 67.6 Å². The minimum absolute atomic E-state index is 0.0604. The van der Waals surface area contributed by atoms with Gasteiger partial charge >= 0.3 is 6.09 Å². The van der Waals surface area contributed by atoms with Gasteiger partial charge in [-0.1, -0.05) is 41.4 Å². The van der Waals surface area contributed by atoms with Gasteiger partial charge in [-0.2, -0.15) is 4.99 Å². The summed E-state index contributed by atoms with van der Waals surface area (Å²) in [5.74, 6) is -0.713. The molecule has 0 bridgehead atoms. The van der Waals surface area contributed by atoms with Gasteiger partial charge in [0.15, 0.2) is 0 Å². The normalized spacial score (nSPS) is 15.7. The molecule has 10 nitrogen and oxygen atoms in total. The number of para-hydroxylation sites is 1. The quantitative estimate of drug-likeness (QED) is 0.317. The Balaban J connectivity index is 1.79. The number of guanidine groups is 1. The molecule has 0 aromatic heterocycles. The topological polar surface area (TPSA) is 115 Å². The third-order valence-corrected chi connectivity index (χ3v) is 6.35. The Morgan fingerprint density at radius 2 is 1.75 bits per heavy atom. The molecular formula is C28H36Cl2N6O4. The van der Waals surface area contributed by atoms with Gasteiger partial charge in [0.25, 0.3) is 5.91 Å². The molecule has 0 radical (unpaired) electrons. The van der Waals surface area contributed by atoms with E-state index in [1.165, 1.54) is 0 Å². The number of ether oxygens (including phenoxy) is 1. The van der Waals surface area contributed by atoms with Crippen LogP contribution in [0.15, 0.2) is 47.5 Å². The molecule has 2 aromatic carbocycles. The number of hydrogen-bond acceptors (Lipinski definition) is 6. The molecule has 1 heterocycles. The van der Waals surface area contributed by atoms with Crippen LogP contribution in [0.1, 0.15) is 39.2 Å². The minimum atomic E-state index is -0.757. The second-order valence-electron chi connectivity index (χ2n) is 10.7. The summed E-state index contributed by atoms with van der Waals surface area (Å²) in [7, 11) is 3.55. The van der Waals surface area contributed by atoms with E-state index in [0.29, 0.717) is 17.7 Å². The number of carbonyl (C=O) groups is 3. The molecule has 216 valence electrons. The SMILES string of the molecule is CN(C)CC(=O)Nc1c(Cl)cc(CN/C(=N/C(=O)[C@@H]2CCCN2c2ccccc2)NC(=O)OC(C)(C)C)cc1Cl. The average molecular weight is 592 g/mol. The summed E-state index contributed by atoms with van der Waals surface area (Å²) >= 11 is 12.8. The molecule has 3 amide bonds. The van der Waals surface area contributed by atoms with E-state index in [-0.39, 0.29) is 35.0 Å². The van der Waals surface area contributed by atoms with Crippen LogP contribution in [0, 0.1) is 0 Å². The molecule has 3 N–H and O–H groups in total. The van der Waals surface area contributed by atoms with Crippen molar-refractivity contribution in [3.63, 3.8) is 0 Å². The molecule has 0 unspecified atom stereocenters. The lowest BCUT2D eigenvalue weighted by Gasteiger charge is -2.25. The molecule has 1 saturated heterocycles. The van der Waals surface area contributed by atoms with E-state index in [1.807, 2.05) is 35.2 Å². The lowest BCUT2D eigenvalue weighted by atomic mass is 10.2. The fraction of sp³-hybridized carbons (Fsp3) is 0.429. The predicted molar refractivity (Wildman–Crippen MR) is 159 cm³/mol. The van der Waals surface area contributed by atoms with Crippen LogP contribution in [0.2, 0.25) is 10.0 Å². The molecule has 3 rings (SSSR count). The van der Waals surface area contributed by atoms with Crippen LogP contribution in [0.25, 0.3) is 0 Å². The van der Waals surface area contributed by atoms with Gasteiger partial charge in [0.05, 0.1) is 22.3 Å². The summed E-state index contributed by atoms with van der Waals surface area (Å²) in [6, 6.07) is 12.5. The van der Waals surface area contributed by atoms with E-state index >= 15 is 0 Å². The number of nitrogens with one attached hydrogen (secondary N) is 3. The van der Waals surface area contributed by atoms with Gasteiger partial charge in [-0.25, -0.2) is 4.79 Å². The number of halogens is 2. The van der Waals surface area contributed by atoms with E-state index < -0.39 is 23.6 Å².